The van der Waals surface area contributed by atoms with Gasteiger partial charge in [-0.05, 0) is 31.2 Å². The molecule has 1 aromatic heterocycles. The fourth-order valence-corrected chi connectivity index (χ4v) is 2.86. The molecule has 2 aromatic rings. The Morgan fingerprint density at radius 3 is 2.41 bits per heavy atom. The van der Waals surface area contributed by atoms with E-state index in [0.717, 1.165) is 31.9 Å². The molecule has 1 saturated heterocycles. The number of aromatic nitrogens is 1. The van der Waals surface area contributed by atoms with Crippen LogP contribution in [0.25, 0.3) is 0 Å². The van der Waals surface area contributed by atoms with Crippen molar-refractivity contribution in [3.63, 3.8) is 0 Å². The highest BCUT2D eigenvalue weighted by atomic mass is 16.3. The van der Waals surface area contributed by atoms with Crippen LogP contribution in [-0.4, -0.2) is 47.7 Å². The van der Waals surface area contributed by atoms with E-state index in [1.807, 2.05) is 18.2 Å². The van der Waals surface area contributed by atoms with Crippen molar-refractivity contribution in [1.82, 2.24) is 9.88 Å². The summed E-state index contributed by atoms with van der Waals surface area (Å²) in [7, 11) is 0. The highest BCUT2D eigenvalue weighted by molar-refractivity contribution is 5.47. The van der Waals surface area contributed by atoms with E-state index in [1.54, 1.807) is 6.20 Å². The SMILES string of the molecule is Cc1ccc(N2CCN(CC(O)c3ccccn3)CC2)cc1. The predicted molar refractivity (Wildman–Crippen MR) is 89.0 cm³/mol. The van der Waals surface area contributed by atoms with Gasteiger partial charge < -0.3 is 10.0 Å². The van der Waals surface area contributed by atoms with Crippen molar-refractivity contribution in [1.29, 1.82) is 0 Å². The maximum Gasteiger partial charge on any atom is 0.109 e. The molecule has 1 aliphatic rings. The van der Waals surface area contributed by atoms with Crippen LogP contribution in [0, 0.1) is 6.92 Å². The van der Waals surface area contributed by atoms with Gasteiger partial charge in [-0.2, -0.15) is 0 Å². The van der Waals surface area contributed by atoms with E-state index in [1.165, 1.54) is 11.3 Å². The first-order chi connectivity index (χ1) is 10.7. The Bertz CT molecular complexity index is 577. The number of aliphatic hydroxyl groups is 1. The summed E-state index contributed by atoms with van der Waals surface area (Å²) >= 11 is 0. The number of hydrogen-bond acceptors (Lipinski definition) is 4. The number of aryl methyl sites for hydroxylation is 1. The molecule has 3 rings (SSSR count). The lowest BCUT2D eigenvalue weighted by Crippen LogP contribution is -2.47. The van der Waals surface area contributed by atoms with E-state index in [9.17, 15) is 5.11 Å². The molecule has 0 amide bonds. The van der Waals surface area contributed by atoms with Crippen LogP contribution in [0.2, 0.25) is 0 Å². The summed E-state index contributed by atoms with van der Waals surface area (Å²) in [4.78, 5) is 8.94. The van der Waals surface area contributed by atoms with Gasteiger partial charge in [0, 0.05) is 44.6 Å². The normalized spacial score (nSPS) is 17.5. The molecule has 0 saturated carbocycles. The molecule has 4 nitrogen and oxygen atoms in total. The number of benzene rings is 1. The quantitative estimate of drug-likeness (QED) is 0.939. The molecule has 0 radical (unpaired) electrons. The van der Waals surface area contributed by atoms with Gasteiger partial charge in [-0.15, -0.1) is 0 Å². The Balaban J connectivity index is 1.52. The van der Waals surface area contributed by atoms with Crippen LogP contribution in [-0.2, 0) is 0 Å². The first-order valence-electron chi connectivity index (χ1n) is 7.85. The average molecular weight is 297 g/mol. The van der Waals surface area contributed by atoms with E-state index < -0.39 is 6.10 Å². The Labute approximate surface area is 132 Å². The maximum absolute atomic E-state index is 10.3. The Morgan fingerprint density at radius 1 is 1.05 bits per heavy atom. The van der Waals surface area contributed by atoms with Gasteiger partial charge in [0.25, 0.3) is 0 Å². The molecule has 1 aliphatic heterocycles. The first kappa shape index (κ1) is 15.0. The summed E-state index contributed by atoms with van der Waals surface area (Å²) in [5.74, 6) is 0. The second-order valence-corrected chi connectivity index (χ2v) is 5.89. The van der Waals surface area contributed by atoms with Gasteiger partial charge in [-0.1, -0.05) is 23.8 Å². The van der Waals surface area contributed by atoms with Gasteiger partial charge in [0.15, 0.2) is 0 Å². The van der Waals surface area contributed by atoms with Crippen molar-refractivity contribution in [2.75, 3.05) is 37.6 Å². The molecular formula is C18H23N3O. The fraction of sp³-hybridized carbons (Fsp3) is 0.389. The van der Waals surface area contributed by atoms with Crippen molar-refractivity contribution in [2.45, 2.75) is 13.0 Å². The second kappa shape index (κ2) is 6.90. The third-order valence-corrected chi connectivity index (χ3v) is 4.23. The highest BCUT2D eigenvalue weighted by Gasteiger charge is 2.20. The van der Waals surface area contributed by atoms with Gasteiger partial charge >= 0.3 is 0 Å². The van der Waals surface area contributed by atoms with E-state index in [2.05, 4.69) is 46.0 Å². The molecular weight excluding hydrogens is 274 g/mol. The van der Waals surface area contributed by atoms with E-state index >= 15 is 0 Å². The second-order valence-electron chi connectivity index (χ2n) is 5.89. The Hall–Kier alpha value is -1.91. The van der Waals surface area contributed by atoms with Gasteiger partial charge in [0.2, 0.25) is 0 Å². The van der Waals surface area contributed by atoms with Crippen molar-refractivity contribution >= 4 is 5.69 Å². The van der Waals surface area contributed by atoms with E-state index in [0.29, 0.717) is 6.54 Å². The van der Waals surface area contributed by atoms with Crippen molar-refractivity contribution in [3.05, 3.63) is 59.9 Å². The van der Waals surface area contributed by atoms with Crippen molar-refractivity contribution in [3.8, 4) is 0 Å². The molecule has 1 unspecified atom stereocenters. The maximum atomic E-state index is 10.3. The van der Waals surface area contributed by atoms with E-state index in [-0.39, 0.29) is 0 Å². The molecule has 2 heterocycles. The molecule has 4 heteroatoms. The average Bonchev–Trinajstić information content (AvgIpc) is 2.57. The summed E-state index contributed by atoms with van der Waals surface area (Å²) in [6.45, 7) is 6.70. The molecule has 1 N–H and O–H groups in total. The number of β-amino-alcohol motifs (C(OH)–C–C–N with tert-alkyl or cyclic N) is 1. The lowest BCUT2D eigenvalue weighted by molar-refractivity contribution is 0.106. The van der Waals surface area contributed by atoms with Crippen LogP contribution < -0.4 is 4.90 Å². The van der Waals surface area contributed by atoms with Crippen molar-refractivity contribution in [2.24, 2.45) is 0 Å². The van der Waals surface area contributed by atoms with Crippen LogP contribution in [0.5, 0.6) is 0 Å². The van der Waals surface area contributed by atoms with Crippen LogP contribution in [0.3, 0.4) is 0 Å². The van der Waals surface area contributed by atoms with Crippen LogP contribution in [0.4, 0.5) is 5.69 Å². The minimum atomic E-state index is -0.507. The summed E-state index contributed by atoms with van der Waals surface area (Å²) in [5.41, 5.74) is 3.33. The Kier molecular flexibility index (Phi) is 4.71. The number of rotatable bonds is 4. The smallest absolute Gasteiger partial charge is 0.109 e. The lowest BCUT2D eigenvalue weighted by Gasteiger charge is -2.36. The zero-order chi connectivity index (χ0) is 15.4. The number of pyridine rings is 1. The minimum Gasteiger partial charge on any atom is -0.385 e. The Morgan fingerprint density at radius 2 is 1.77 bits per heavy atom. The van der Waals surface area contributed by atoms with Gasteiger partial charge in [0.05, 0.1) is 5.69 Å². The number of nitrogens with zero attached hydrogens (tertiary/aromatic N) is 3. The summed E-state index contributed by atoms with van der Waals surface area (Å²) in [6, 6.07) is 14.4. The molecule has 22 heavy (non-hydrogen) atoms. The van der Waals surface area contributed by atoms with Gasteiger partial charge in [-0.3, -0.25) is 9.88 Å². The molecule has 0 aliphatic carbocycles. The first-order valence-corrected chi connectivity index (χ1v) is 7.85. The highest BCUT2D eigenvalue weighted by Crippen LogP contribution is 2.18. The van der Waals surface area contributed by atoms with Crippen LogP contribution in [0.1, 0.15) is 17.4 Å². The van der Waals surface area contributed by atoms with Crippen LogP contribution in [0.15, 0.2) is 48.7 Å². The van der Waals surface area contributed by atoms with E-state index in [4.69, 9.17) is 0 Å². The number of piperazine rings is 1. The molecule has 0 spiro atoms. The molecule has 1 aromatic carbocycles. The monoisotopic (exact) mass is 297 g/mol. The van der Waals surface area contributed by atoms with Gasteiger partial charge in [0.1, 0.15) is 6.10 Å². The van der Waals surface area contributed by atoms with Crippen LogP contribution >= 0.6 is 0 Å². The number of hydrogen-bond donors (Lipinski definition) is 1. The minimum absolute atomic E-state index is 0.507. The molecule has 1 atom stereocenters. The van der Waals surface area contributed by atoms with Gasteiger partial charge in [-0.25, -0.2) is 0 Å². The summed E-state index contributed by atoms with van der Waals surface area (Å²) in [5, 5.41) is 10.3. The molecule has 0 bridgehead atoms. The fourth-order valence-electron chi connectivity index (χ4n) is 2.86. The third-order valence-electron chi connectivity index (χ3n) is 4.23. The molecule has 116 valence electrons. The third kappa shape index (κ3) is 3.64. The summed E-state index contributed by atoms with van der Waals surface area (Å²) in [6.07, 6.45) is 1.22. The summed E-state index contributed by atoms with van der Waals surface area (Å²) < 4.78 is 0. The predicted octanol–water partition coefficient (Wildman–Crippen LogP) is 2.25. The zero-order valence-corrected chi connectivity index (χ0v) is 13.0. The number of aliphatic hydroxyl groups excluding tert-OH is 1. The number of anilines is 1. The molecule has 1 fully saturated rings. The largest absolute Gasteiger partial charge is 0.385 e. The van der Waals surface area contributed by atoms with Crippen molar-refractivity contribution < 1.29 is 5.11 Å². The topological polar surface area (TPSA) is 39.6 Å². The lowest BCUT2D eigenvalue weighted by atomic mass is 10.1. The zero-order valence-electron chi connectivity index (χ0n) is 13.0. The standard InChI is InChI=1S/C18H23N3O/c1-15-5-7-16(8-6-15)21-12-10-20(11-13-21)14-18(22)17-4-2-3-9-19-17/h2-9,18,22H,10-14H2,1H3.